The maximum absolute atomic E-state index is 9.89. The number of aliphatic hydroxyl groups is 3. The van der Waals surface area contributed by atoms with Crippen molar-refractivity contribution < 1.29 is 20.1 Å². The van der Waals surface area contributed by atoms with E-state index in [1.54, 1.807) is 0 Å². The Labute approximate surface area is 128 Å². The number of hydrogen-bond acceptors (Lipinski definition) is 5. The second-order valence-electron chi connectivity index (χ2n) is 6.28. The Morgan fingerprint density at radius 2 is 1.71 bits per heavy atom. The molecule has 1 heterocycles. The third-order valence-electron chi connectivity index (χ3n) is 4.22. The predicted octanol–water partition coefficient (Wildman–Crippen LogP) is 1.20. The Hall–Kier alpha value is -0.200. The minimum atomic E-state index is -1.10. The van der Waals surface area contributed by atoms with Gasteiger partial charge in [0.2, 0.25) is 0 Å². The summed E-state index contributed by atoms with van der Waals surface area (Å²) in [4.78, 5) is 0. The molecule has 126 valence electrons. The van der Waals surface area contributed by atoms with Gasteiger partial charge >= 0.3 is 0 Å². The standard InChI is InChI=1S/C16H33NO4/c1-3-4-5-6-7-8-9-17-12(2)10-14-16(20)15(19)13(18)11-21-14/h12-20H,3-11H2,1-2H3/t12?,13-,14+,15+,16+/m1/s1. The van der Waals surface area contributed by atoms with Crippen LogP contribution in [0.1, 0.15) is 58.8 Å². The van der Waals surface area contributed by atoms with Crippen molar-refractivity contribution in [3.8, 4) is 0 Å². The Morgan fingerprint density at radius 1 is 1.05 bits per heavy atom. The molecular weight excluding hydrogens is 270 g/mol. The van der Waals surface area contributed by atoms with E-state index >= 15 is 0 Å². The molecule has 21 heavy (non-hydrogen) atoms. The highest BCUT2D eigenvalue weighted by molar-refractivity contribution is 4.88. The van der Waals surface area contributed by atoms with Gasteiger partial charge in [0.15, 0.2) is 0 Å². The Bertz CT molecular complexity index is 265. The van der Waals surface area contributed by atoms with E-state index in [0.717, 1.165) is 6.54 Å². The van der Waals surface area contributed by atoms with E-state index in [4.69, 9.17) is 4.74 Å². The maximum atomic E-state index is 9.89. The topological polar surface area (TPSA) is 82.0 Å². The molecule has 0 aliphatic carbocycles. The molecule has 1 aliphatic heterocycles. The third-order valence-corrected chi connectivity index (χ3v) is 4.22. The number of hydrogen-bond donors (Lipinski definition) is 4. The lowest BCUT2D eigenvalue weighted by atomic mass is 9.95. The molecule has 4 N–H and O–H groups in total. The molecule has 0 radical (unpaired) electrons. The van der Waals surface area contributed by atoms with Crippen LogP contribution in [0.3, 0.4) is 0 Å². The molecule has 1 saturated heterocycles. The zero-order valence-electron chi connectivity index (χ0n) is 13.5. The molecule has 0 aromatic carbocycles. The first-order valence-corrected chi connectivity index (χ1v) is 8.45. The van der Waals surface area contributed by atoms with Crippen LogP contribution < -0.4 is 5.32 Å². The number of rotatable bonds is 10. The van der Waals surface area contributed by atoms with Crippen LogP contribution in [-0.2, 0) is 4.74 Å². The normalized spacial score (nSPS) is 31.3. The molecule has 0 aromatic rings. The summed E-state index contributed by atoms with van der Waals surface area (Å²) in [5.74, 6) is 0. The molecule has 1 aliphatic rings. The first-order chi connectivity index (χ1) is 10.1. The highest BCUT2D eigenvalue weighted by Gasteiger charge is 2.37. The minimum absolute atomic E-state index is 0.0903. The number of nitrogens with one attached hydrogen (secondary N) is 1. The minimum Gasteiger partial charge on any atom is -0.388 e. The quantitative estimate of drug-likeness (QED) is 0.456. The highest BCUT2D eigenvalue weighted by Crippen LogP contribution is 2.19. The summed E-state index contributed by atoms with van der Waals surface area (Å²) < 4.78 is 5.42. The average Bonchev–Trinajstić information content (AvgIpc) is 2.47. The molecule has 0 saturated carbocycles. The number of aliphatic hydroxyl groups excluding tert-OH is 3. The molecule has 0 spiro atoms. The van der Waals surface area contributed by atoms with Crippen molar-refractivity contribution >= 4 is 0 Å². The van der Waals surface area contributed by atoms with Crippen molar-refractivity contribution in [3.05, 3.63) is 0 Å². The van der Waals surface area contributed by atoms with Crippen LogP contribution in [0.5, 0.6) is 0 Å². The molecular formula is C16H33NO4. The van der Waals surface area contributed by atoms with Gasteiger partial charge in [-0.3, -0.25) is 0 Å². The molecule has 1 rings (SSSR count). The van der Waals surface area contributed by atoms with Crippen molar-refractivity contribution in [1.82, 2.24) is 5.32 Å². The van der Waals surface area contributed by atoms with Crippen LogP contribution in [0.4, 0.5) is 0 Å². The molecule has 1 fully saturated rings. The Kier molecular flexibility index (Phi) is 9.44. The maximum Gasteiger partial charge on any atom is 0.111 e. The monoisotopic (exact) mass is 303 g/mol. The van der Waals surface area contributed by atoms with Gasteiger partial charge in [-0.05, 0) is 26.3 Å². The van der Waals surface area contributed by atoms with E-state index in [9.17, 15) is 15.3 Å². The Morgan fingerprint density at radius 3 is 2.43 bits per heavy atom. The summed E-state index contributed by atoms with van der Waals surface area (Å²) in [6.07, 6.45) is 4.80. The number of ether oxygens (including phenoxy) is 1. The van der Waals surface area contributed by atoms with E-state index in [1.807, 2.05) is 0 Å². The fourth-order valence-corrected chi connectivity index (χ4v) is 2.76. The first kappa shape index (κ1) is 18.8. The van der Waals surface area contributed by atoms with Crippen LogP contribution >= 0.6 is 0 Å². The van der Waals surface area contributed by atoms with Gasteiger partial charge in [0, 0.05) is 6.04 Å². The van der Waals surface area contributed by atoms with E-state index < -0.39 is 24.4 Å². The lowest BCUT2D eigenvalue weighted by molar-refractivity contribution is -0.189. The van der Waals surface area contributed by atoms with Gasteiger partial charge in [0.25, 0.3) is 0 Å². The van der Waals surface area contributed by atoms with Crippen LogP contribution in [-0.4, -0.2) is 58.9 Å². The zero-order valence-corrected chi connectivity index (χ0v) is 13.5. The van der Waals surface area contributed by atoms with Crippen molar-refractivity contribution in [3.63, 3.8) is 0 Å². The van der Waals surface area contributed by atoms with Crippen LogP contribution in [0.2, 0.25) is 0 Å². The summed E-state index contributed by atoms with van der Waals surface area (Å²) in [6, 6.07) is 0.225. The van der Waals surface area contributed by atoms with Crippen molar-refractivity contribution in [2.45, 2.75) is 89.3 Å². The molecule has 5 nitrogen and oxygen atoms in total. The fourth-order valence-electron chi connectivity index (χ4n) is 2.76. The lowest BCUT2D eigenvalue weighted by Crippen LogP contribution is -2.54. The third kappa shape index (κ3) is 7.06. The second kappa shape index (κ2) is 10.5. The lowest BCUT2D eigenvalue weighted by Gasteiger charge is -2.36. The second-order valence-corrected chi connectivity index (χ2v) is 6.28. The smallest absolute Gasteiger partial charge is 0.111 e. The summed E-state index contributed by atoms with van der Waals surface area (Å²) >= 11 is 0. The largest absolute Gasteiger partial charge is 0.388 e. The van der Waals surface area contributed by atoms with Gasteiger partial charge in [-0.1, -0.05) is 39.0 Å². The molecule has 0 aromatic heterocycles. The zero-order chi connectivity index (χ0) is 15.7. The SMILES string of the molecule is CCCCCCCCNC(C)C[C@@H]1OC[C@@H](O)[C@H](O)[C@H]1O. The van der Waals surface area contributed by atoms with Crippen molar-refractivity contribution in [2.24, 2.45) is 0 Å². The Balaban J connectivity index is 2.09. The van der Waals surface area contributed by atoms with E-state index in [2.05, 4.69) is 19.2 Å². The van der Waals surface area contributed by atoms with Crippen molar-refractivity contribution in [1.29, 1.82) is 0 Å². The van der Waals surface area contributed by atoms with Crippen molar-refractivity contribution in [2.75, 3.05) is 13.2 Å². The highest BCUT2D eigenvalue weighted by atomic mass is 16.5. The van der Waals surface area contributed by atoms with Gasteiger partial charge < -0.3 is 25.4 Å². The van der Waals surface area contributed by atoms with E-state index in [-0.39, 0.29) is 12.6 Å². The summed E-state index contributed by atoms with van der Waals surface area (Å²) in [5, 5.41) is 32.4. The van der Waals surface area contributed by atoms with Gasteiger partial charge in [0.05, 0.1) is 12.7 Å². The summed E-state index contributed by atoms with van der Waals surface area (Å²) in [6.45, 7) is 5.35. The van der Waals surface area contributed by atoms with Gasteiger partial charge in [-0.2, -0.15) is 0 Å². The van der Waals surface area contributed by atoms with Crippen LogP contribution in [0.15, 0.2) is 0 Å². The molecule has 5 heteroatoms. The van der Waals surface area contributed by atoms with Crippen LogP contribution in [0.25, 0.3) is 0 Å². The van der Waals surface area contributed by atoms with E-state index in [0.29, 0.717) is 6.42 Å². The molecule has 0 amide bonds. The number of unbranched alkanes of at least 4 members (excludes halogenated alkanes) is 5. The summed E-state index contributed by atoms with van der Waals surface area (Å²) in [5.41, 5.74) is 0. The summed E-state index contributed by atoms with van der Waals surface area (Å²) in [7, 11) is 0. The average molecular weight is 303 g/mol. The van der Waals surface area contributed by atoms with Gasteiger partial charge in [-0.15, -0.1) is 0 Å². The van der Waals surface area contributed by atoms with Crippen LogP contribution in [0, 0.1) is 0 Å². The predicted molar refractivity (Wildman–Crippen MR) is 83.2 cm³/mol. The van der Waals surface area contributed by atoms with Gasteiger partial charge in [-0.25, -0.2) is 0 Å². The van der Waals surface area contributed by atoms with Gasteiger partial charge in [0.1, 0.15) is 18.3 Å². The van der Waals surface area contributed by atoms with E-state index in [1.165, 1.54) is 38.5 Å². The first-order valence-electron chi connectivity index (χ1n) is 8.45. The molecule has 0 bridgehead atoms. The fraction of sp³-hybridized carbons (Fsp3) is 1.00. The molecule has 1 unspecified atom stereocenters. The molecule has 5 atom stereocenters.